The van der Waals surface area contributed by atoms with Crippen molar-refractivity contribution in [1.29, 1.82) is 0 Å². The summed E-state index contributed by atoms with van der Waals surface area (Å²) in [6, 6.07) is 6.99. The standard InChI is InChI=1S/C18H21ClN4O3/c1-21-7-4-8-22(10-9-21)16(24)14-11-20-18(26)23(17(14)25)12-13-5-2-3-6-15(13)19/h2-3,5-6,11H,4,7-10,12H2,1H3,(H,20,26). The number of likely N-dealkylation sites (N-methyl/N-ethyl adjacent to an activating group) is 1. The molecule has 2 aromatic rings. The van der Waals surface area contributed by atoms with E-state index in [1.54, 1.807) is 29.2 Å². The van der Waals surface area contributed by atoms with Crippen LogP contribution in [0.15, 0.2) is 40.1 Å². The first kappa shape index (κ1) is 18.4. The number of aromatic nitrogens is 2. The smallest absolute Gasteiger partial charge is 0.328 e. The van der Waals surface area contributed by atoms with Gasteiger partial charge in [0.15, 0.2) is 0 Å². The number of nitrogens with one attached hydrogen (secondary N) is 1. The summed E-state index contributed by atoms with van der Waals surface area (Å²) in [5, 5.41) is 0.464. The maximum atomic E-state index is 12.8. The van der Waals surface area contributed by atoms with Gasteiger partial charge < -0.3 is 14.8 Å². The van der Waals surface area contributed by atoms with Gasteiger partial charge >= 0.3 is 5.69 Å². The zero-order valence-electron chi connectivity index (χ0n) is 14.6. The Labute approximate surface area is 155 Å². The second kappa shape index (κ2) is 7.88. The van der Waals surface area contributed by atoms with Gasteiger partial charge in [0.25, 0.3) is 11.5 Å². The topological polar surface area (TPSA) is 78.4 Å². The fourth-order valence-corrected chi connectivity index (χ4v) is 3.22. The highest BCUT2D eigenvalue weighted by Crippen LogP contribution is 2.15. The van der Waals surface area contributed by atoms with Gasteiger partial charge in [-0.25, -0.2) is 4.79 Å². The van der Waals surface area contributed by atoms with Gasteiger partial charge in [-0.2, -0.15) is 0 Å². The highest BCUT2D eigenvalue weighted by molar-refractivity contribution is 6.31. The summed E-state index contributed by atoms with van der Waals surface area (Å²) >= 11 is 6.13. The maximum Gasteiger partial charge on any atom is 0.328 e. The van der Waals surface area contributed by atoms with Crippen LogP contribution in [0.1, 0.15) is 22.3 Å². The summed E-state index contributed by atoms with van der Waals surface area (Å²) in [6.45, 7) is 2.82. The zero-order valence-corrected chi connectivity index (χ0v) is 15.3. The molecule has 1 amide bonds. The van der Waals surface area contributed by atoms with E-state index in [0.29, 0.717) is 23.7 Å². The molecule has 138 valence electrons. The fourth-order valence-electron chi connectivity index (χ4n) is 3.02. The first-order chi connectivity index (χ1) is 12.5. The van der Waals surface area contributed by atoms with Gasteiger partial charge in [0.1, 0.15) is 5.56 Å². The van der Waals surface area contributed by atoms with Crippen LogP contribution in [0.25, 0.3) is 0 Å². The largest absolute Gasteiger partial charge is 0.337 e. The zero-order chi connectivity index (χ0) is 18.7. The predicted molar refractivity (Wildman–Crippen MR) is 99.9 cm³/mol. The molecule has 0 radical (unpaired) electrons. The van der Waals surface area contributed by atoms with Crippen LogP contribution in [0.5, 0.6) is 0 Å². The molecule has 0 aliphatic carbocycles. The highest BCUT2D eigenvalue weighted by Gasteiger charge is 2.23. The van der Waals surface area contributed by atoms with E-state index in [9.17, 15) is 14.4 Å². The van der Waals surface area contributed by atoms with E-state index in [1.807, 2.05) is 7.05 Å². The second-order valence-corrected chi connectivity index (χ2v) is 6.85. The summed E-state index contributed by atoms with van der Waals surface area (Å²) in [6.07, 6.45) is 2.06. The van der Waals surface area contributed by atoms with Gasteiger partial charge in [-0.1, -0.05) is 29.8 Å². The Hall–Kier alpha value is -2.38. The first-order valence-corrected chi connectivity index (χ1v) is 8.89. The molecule has 0 atom stereocenters. The summed E-state index contributed by atoms with van der Waals surface area (Å²) in [5.74, 6) is -0.352. The van der Waals surface area contributed by atoms with Gasteiger partial charge in [0.2, 0.25) is 0 Å². The lowest BCUT2D eigenvalue weighted by Crippen LogP contribution is -2.43. The van der Waals surface area contributed by atoms with Crippen LogP contribution in [-0.4, -0.2) is 58.5 Å². The Morgan fingerprint density at radius 3 is 2.69 bits per heavy atom. The summed E-state index contributed by atoms with van der Waals surface area (Å²) in [5.41, 5.74) is -0.553. The molecule has 1 fully saturated rings. The fraction of sp³-hybridized carbons (Fsp3) is 0.389. The molecule has 1 saturated heterocycles. The number of benzene rings is 1. The van der Waals surface area contributed by atoms with Crippen molar-refractivity contribution in [2.24, 2.45) is 0 Å². The number of amides is 1. The van der Waals surface area contributed by atoms with Crippen molar-refractivity contribution in [2.75, 3.05) is 33.2 Å². The molecule has 1 aliphatic rings. The molecular formula is C18H21ClN4O3. The Morgan fingerprint density at radius 1 is 1.15 bits per heavy atom. The SMILES string of the molecule is CN1CCCN(C(=O)c2c[nH]c(=O)n(Cc3ccccc3Cl)c2=O)CC1. The van der Waals surface area contributed by atoms with E-state index in [0.717, 1.165) is 24.1 Å². The average Bonchev–Trinajstić information content (AvgIpc) is 2.84. The molecule has 0 saturated carbocycles. The van der Waals surface area contributed by atoms with E-state index < -0.39 is 11.2 Å². The lowest BCUT2D eigenvalue weighted by molar-refractivity contribution is 0.0759. The Kier molecular flexibility index (Phi) is 5.58. The summed E-state index contributed by atoms with van der Waals surface area (Å²) in [4.78, 5) is 44.0. The highest BCUT2D eigenvalue weighted by atomic mass is 35.5. The first-order valence-electron chi connectivity index (χ1n) is 8.51. The number of carbonyl (C=O) groups excluding carboxylic acids is 1. The van der Waals surface area contributed by atoms with Crippen LogP contribution in [0.4, 0.5) is 0 Å². The Balaban J connectivity index is 1.92. The molecule has 0 spiro atoms. The minimum atomic E-state index is -0.601. The quantitative estimate of drug-likeness (QED) is 0.867. The van der Waals surface area contributed by atoms with Crippen molar-refractivity contribution in [1.82, 2.24) is 19.4 Å². The minimum absolute atomic E-state index is 0.0116. The van der Waals surface area contributed by atoms with Crippen LogP contribution < -0.4 is 11.2 Å². The van der Waals surface area contributed by atoms with E-state index in [4.69, 9.17) is 11.6 Å². The van der Waals surface area contributed by atoms with Crippen molar-refractivity contribution < 1.29 is 4.79 Å². The number of H-pyrrole nitrogens is 1. The van der Waals surface area contributed by atoms with Gasteiger partial charge in [-0.05, 0) is 31.6 Å². The van der Waals surface area contributed by atoms with Gasteiger partial charge in [-0.3, -0.25) is 14.2 Å². The summed E-state index contributed by atoms with van der Waals surface area (Å²) < 4.78 is 1.01. The monoisotopic (exact) mass is 376 g/mol. The van der Waals surface area contributed by atoms with E-state index >= 15 is 0 Å². The molecule has 1 aliphatic heterocycles. The van der Waals surface area contributed by atoms with Crippen molar-refractivity contribution in [3.63, 3.8) is 0 Å². The second-order valence-electron chi connectivity index (χ2n) is 6.44. The molecule has 0 bridgehead atoms. The lowest BCUT2D eigenvalue weighted by atomic mass is 10.2. The number of halogens is 1. The molecule has 1 aromatic carbocycles. The maximum absolute atomic E-state index is 12.8. The van der Waals surface area contributed by atoms with E-state index in [-0.39, 0.29) is 18.0 Å². The molecule has 1 N–H and O–H groups in total. The number of aromatic amines is 1. The van der Waals surface area contributed by atoms with Crippen molar-refractivity contribution in [2.45, 2.75) is 13.0 Å². The normalized spacial score (nSPS) is 15.7. The third-order valence-electron chi connectivity index (χ3n) is 4.58. The van der Waals surface area contributed by atoms with E-state index in [2.05, 4.69) is 9.88 Å². The van der Waals surface area contributed by atoms with Crippen LogP contribution in [0, 0.1) is 0 Å². The molecule has 0 unspecified atom stereocenters. The molecule has 2 heterocycles. The molecule has 7 nitrogen and oxygen atoms in total. The average molecular weight is 377 g/mol. The molecule has 8 heteroatoms. The van der Waals surface area contributed by atoms with Crippen LogP contribution in [0.2, 0.25) is 5.02 Å². The molecule has 3 rings (SSSR count). The third kappa shape index (κ3) is 3.89. The third-order valence-corrected chi connectivity index (χ3v) is 4.95. The van der Waals surface area contributed by atoms with Crippen LogP contribution in [0.3, 0.4) is 0 Å². The Bertz CT molecular complexity index is 921. The van der Waals surface area contributed by atoms with Crippen molar-refractivity contribution >= 4 is 17.5 Å². The summed E-state index contributed by atoms with van der Waals surface area (Å²) in [7, 11) is 2.00. The van der Waals surface area contributed by atoms with Gasteiger partial charge in [0, 0.05) is 30.9 Å². The number of nitrogens with zero attached hydrogens (tertiary/aromatic N) is 3. The lowest BCUT2D eigenvalue weighted by Gasteiger charge is -2.20. The van der Waals surface area contributed by atoms with Gasteiger partial charge in [0.05, 0.1) is 6.54 Å². The van der Waals surface area contributed by atoms with E-state index in [1.165, 1.54) is 6.20 Å². The molecular weight excluding hydrogens is 356 g/mol. The van der Waals surface area contributed by atoms with Gasteiger partial charge in [-0.15, -0.1) is 0 Å². The van der Waals surface area contributed by atoms with Crippen LogP contribution in [-0.2, 0) is 6.54 Å². The number of carbonyl (C=O) groups is 1. The molecule has 26 heavy (non-hydrogen) atoms. The Morgan fingerprint density at radius 2 is 1.92 bits per heavy atom. The number of rotatable bonds is 3. The molecule has 1 aromatic heterocycles. The number of hydrogen-bond donors (Lipinski definition) is 1. The van der Waals surface area contributed by atoms with Crippen molar-refractivity contribution in [3.05, 3.63) is 67.4 Å². The predicted octanol–water partition coefficient (Wildman–Crippen LogP) is 1.02. The van der Waals surface area contributed by atoms with Crippen molar-refractivity contribution in [3.8, 4) is 0 Å². The van der Waals surface area contributed by atoms with Crippen LogP contribution >= 0.6 is 11.6 Å². The number of hydrogen-bond acceptors (Lipinski definition) is 4. The minimum Gasteiger partial charge on any atom is -0.337 e.